The van der Waals surface area contributed by atoms with Crippen LogP contribution in [-0.4, -0.2) is 15.9 Å². The molecule has 3 heterocycles. The van der Waals surface area contributed by atoms with E-state index in [0.717, 1.165) is 15.8 Å². The minimum absolute atomic E-state index is 0.272. The molecule has 0 bridgehead atoms. The highest BCUT2D eigenvalue weighted by molar-refractivity contribution is 7.21. The molecule has 4 nitrogen and oxygen atoms in total. The van der Waals surface area contributed by atoms with Gasteiger partial charge in [-0.25, -0.2) is 9.97 Å². The summed E-state index contributed by atoms with van der Waals surface area (Å²) in [5.74, 6) is -0.272. The summed E-state index contributed by atoms with van der Waals surface area (Å²) in [5.41, 5.74) is 2.27. The molecule has 4 aromatic rings. The summed E-state index contributed by atoms with van der Waals surface area (Å²) in [6.07, 6.45) is 0. The van der Waals surface area contributed by atoms with Crippen LogP contribution < -0.4 is 5.32 Å². The SMILES string of the molecule is O=C(Nc1nc(-c2cc(Cl)sc2Cl)cs1)c1nc2ccccc2s1. The molecule has 0 spiro atoms. The number of rotatable bonds is 3. The zero-order valence-corrected chi connectivity index (χ0v) is 15.7. The molecule has 0 radical (unpaired) electrons. The van der Waals surface area contributed by atoms with Crippen molar-refractivity contribution in [2.75, 3.05) is 5.32 Å². The molecule has 0 aliphatic carbocycles. The smallest absolute Gasteiger partial charge is 0.286 e. The van der Waals surface area contributed by atoms with Gasteiger partial charge in [-0.1, -0.05) is 35.3 Å². The van der Waals surface area contributed by atoms with Crippen LogP contribution in [-0.2, 0) is 0 Å². The molecule has 0 saturated heterocycles. The molecule has 4 rings (SSSR count). The van der Waals surface area contributed by atoms with Gasteiger partial charge in [0.15, 0.2) is 10.1 Å². The fraction of sp³-hybridized carbons (Fsp3) is 0. The second kappa shape index (κ2) is 6.42. The van der Waals surface area contributed by atoms with E-state index in [2.05, 4.69) is 15.3 Å². The second-order valence-electron chi connectivity index (χ2n) is 4.72. The number of fused-ring (bicyclic) bond motifs is 1. The molecule has 0 atom stereocenters. The van der Waals surface area contributed by atoms with E-state index < -0.39 is 0 Å². The van der Waals surface area contributed by atoms with Crippen LogP contribution in [0, 0.1) is 0 Å². The molecular formula is C15H7Cl2N3OS3. The van der Waals surface area contributed by atoms with Gasteiger partial charge >= 0.3 is 0 Å². The maximum atomic E-state index is 12.4. The molecule has 0 aliphatic heterocycles. The Morgan fingerprint density at radius 2 is 1.96 bits per heavy atom. The zero-order valence-electron chi connectivity index (χ0n) is 11.7. The summed E-state index contributed by atoms with van der Waals surface area (Å²) in [6.45, 7) is 0. The molecular weight excluding hydrogens is 405 g/mol. The highest BCUT2D eigenvalue weighted by Crippen LogP contribution is 2.39. The number of carbonyl (C=O) groups excluding carboxylic acids is 1. The number of para-hydroxylation sites is 1. The summed E-state index contributed by atoms with van der Waals surface area (Å²) < 4.78 is 2.15. The zero-order chi connectivity index (χ0) is 16.7. The van der Waals surface area contributed by atoms with Gasteiger partial charge in [0.25, 0.3) is 5.91 Å². The highest BCUT2D eigenvalue weighted by Gasteiger charge is 2.16. The van der Waals surface area contributed by atoms with E-state index >= 15 is 0 Å². The third-order valence-corrected chi connectivity index (χ3v) is 6.43. The number of nitrogens with one attached hydrogen (secondary N) is 1. The molecule has 1 amide bonds. The summed E-state index contributed by atoms with van der Waals surface area (Å²) >= 11 is 16.1. The van der Waals surface area contributed by atoms with E-state index in [-0.39, 0.29) is 5.91 Å². The number of anilines is 1. The van der Waals surface area contributed by atoms with Gasteiger partial charge in [0.05, 0.1) is 20.2 Å². The summed E-state index contributed by atoms with van der Waals surface area (Å²) in [4.78, 5) is 21.1. The largest absolute Gasteiger partial charge is 0.296 e. The van der Waals surface area contributed by atoms with Crippen LogP contribution in [0.15, 0.2) is 35.7 Å². The lowest BCUT2D eigenvalue weighted by Crippen LogP contribution is -2.11. The predicted molar refractivity (Wildman–Crippen MR) is 103 cm³/mol. The van der Waals surface area contributed by atoms with Crippen molar-refractivity contribution < 1.29 is 4.79 Å². The van der Waals surface area contributed by atoms with Crippen LogP contribution in [0.5, 0.6) is 0 Å². The van der Waals surface area contributed by atoms with Crippen molar-refractivity contribution in [3.8, 4) is 11.3 Å². The normalized spacial score (nSPS) is 11.1. The molecule has 0 fully saturated rings. The van der Waals surface area contributed by atoms with E-state index in [1.165, 1.54) is 34.0 Å². The molecule has 0 saturated carbocycles. The van der Waals surface area contributed by atoms with Gasteiger partial charge in [-0.05, 0) is 18.2 Å². The molecule has 3 aromatic heterocycles. The van der Waals surface area contributed by atoms with Gasteiger partial charge in [-0.15, -0.1) is 34.0 Å². The van der Waals surface area contributed by atoms with Crippen LogP contribution in [0.2, 0.25) is 8.67 Å². The van der Waals surface area contributed by atoms with Crippen LogP contribution in [0.3, 0.4) is 0 Å². The number of nitrogens with zero attached hydrogens (tertiary/aromatic N) is 2. The molecule has 1 N–H and O–H groups in total. The number of benzene rings is 1. The monoisotopic (exact) mass is 411 g/mol. The van der Waals surface area contributed by atoms with E-state index in [1.807, 2.05) is 29.6 Å². The Morgan fingerprint density at radius 1 is 1.12 bits per heavy atom. The number of hydrogen-bond donors (Lipinski definition) is 1. The summed E-state index contributed by atoms with van der Waals surface area (Å²) in [5, 5.41) is 5.51. The second-order valence-corrected chi connectivity index (χ2v) is 8.89. The average Bonchev–Trinajstić information content (AvgIpc) is 3.25. The standard InChI is InChI=1S/C15H7Cl2N3OS3/c16-11-5-7(12(17)24-11)9-6-22-15(19-9)20-13(21)14-18-8-3-1-2-4-10(8)23-14/h1-6H,(H,19,20,21). The maximum Gasteiger partial charge on any atom is 0.286 e. The van der Waals surface area contributed by atoms with Crippen molar-refractivity contribution >= 4 is 78.5 Å². The molecule has 0 unspecified atom stereocenters. The minimum atomic E-state index is -0.272. The topological polar surface area (TPSA) is 54.9 Å². The van der Waals surface area contributed by atoms with E-state index in [0.29, 0.717) is 24.5 Å². The van der Waals surface area contributed by atoms with E-state index in [1.54, 1.807) is 6.07 Å². The quantitative estimate of drug-likeness (QED) is 0.446. The van der Waals surface area contributed by atoms with Crippen molar-refractivity contribution in [2.45, 2.75) is 0 Å². The molecule has 24 heavy (non-hydrogen) atoms. The van der Waals surface area contributed by atoms with E-state index in [4.69, 9.17) is 23.2 Å². The van der Waals surface area contributed by atoms with E-state index in [9.17, 15) is 4.79 Å². The van der Waals surface area contributed by atoms with Gasteiger partial charge in [0.2, 0.25) is 0 Å². The van der Waals surface area contributed by atoms with Crippen LogP contribution in [0.1, 0.15) is 9.80 Å². The Kier molecular flexibility index (Phi) is 4.28. The number of carbonyl (C=O) groups is 1. The van der Waals surface area contributed by atoms with Gasteiger partial charge in [0.1, 0.15) is 4.34 Å². The number of hydrogen-bond acceptors (Lipinski definition) is 6. The van der Waals surface area contributed by atoms with Crippen LogP contribution in [0.25, 0.3) is 21.5 Å². The van der Waals surface area contributed by atoms with Crippen LogP contribution >= 0.6 is 57.2 Å². The third-order valence-electron chi connectivity index (χ3n) is 3.15. The minimum Gasteiger partial charge on any atom is -0.296 e. The highest BCUT2D eigenvalue weighted by atomic mass is 35.5. The third kappa shape index (κ3) is 3.05. The predicted octanol–water partition coefficient (Wildman–Crippen LogP) is 6.04. The number of halogens is 2. The van der Waals surface area contributed by atoms with Gasteiger partial charge in [0, 0.05) is 10.9 Å². The van der Waals surface area contributed by atoms with Crippen molar-refractivity contribution in [3.63, 3.8) is 0 Å². The number of amides is 1. The Balaban J connectivity index is 1.57. The van der Waals surface area contributed by atoms with Gasteiger partial charge < -0.3 is 0 Å². The fourth-order valence-electron chi connectivity index (χ4n) is 2.09. The molecule has 9 heteroatoms. The lowest BCUT2D eigenvalue weighted by molar-refractivity contribution is 0.102. The number of thiazole rings is 2. The lowest BCUT2D eigenvalue weighted by atomic mass is 10.3. The van der Waals surface area contributed by atoms with Crippen LogP contribution in [0.4, 0.5) is 5.13 Å². The average molecular weight is 412 g/mol. The first kappa shape index (κ1) is 16.0. The molecule has 0 aliphatic rings. The maximum absolute atomic E-state index is 12.4. The molecule has 1 aromatic carbocycles. The van der Waals surface area contributed by atoms with Crippen molar-refractivity contribution in [1.82, 2.24) is 9.97 Å². The molecule has 120 valence electrons. The van der Waals surface area contributed by atoms with Gasteiger partial charge in [-0.2, -0.15) is 0 Å². The lowest BCUT2D eigenvalue weighted by Gasteiger charge is -1.97. The Bertz CT molecular complexity index is 1020. The number of aromatic nitrogens is 2. The first-order valence-electron chi connectivity index (χ1n) is 6.68. The Labute approximate surface area is 158 Å². The van der Waals surface area contributed by atoms with Crippen molar-refractivity contribution in [3.05, 3.63) is 49.4 Å². The van der Waals surface area contributed by atoms with Crippen molar-refractivity contribution in [2.24, 2.45) is 0 Å². The number of thiophene rings is 1. The van der Waals surface area contributed by atoms with Gasteiger partial charge in [-0.3, -0.25) is 10.1 Å². The summed E-state index contributed by atoms with van der Waals surface area (Å²) in [7, 11) is 0. The Morgan fingerprint density at radius 3 is 2.71 bits per heavy atom. The fourth-order valence-corrected chi connectivity index (χ4v) is 5.14. The Hall–Kier alpha value is -1.51. The van der Waals surface area contributed by atoms with Crippen molar-refractivity contribution in [1.29, 1.82) is 0 Å². The first-order valence-corrected chi connectivity index (χ1v) is 9.94. The first-order chi connectivity index (χ1) is 11.6. The summed E-state index contributed by atoms with van der Waals surface area (Å²) in [6, 6.07) is 9.40.